The van der Waals surface area contributed by atoms with Gasteiger partial charge in [0.15, 0.2) is 0 Å². The summed E-state index contributed by atoms with van der Waals surface area (Å²) >= 11 is 0. The van der Waals surface area contributed by atoms with E-state index in [0.29, 0.717) is 45.4 Å². The van der Waals surface area contributed by atoms with Crippen LogP contribution in [0.2, 0.25) is 0 Å². The van der Waals surface area contributed by atoms with Crippen LogP contribution in [-0.2, 0) is 16.1 Å². The highest BCUT2D eigenvalue weighted by atomic mass is 16.6. The van der Waals surface area contributed by atoms with Gasteiger partial charge in [-0.15, -0.1) is 0 Å². The highest BCUT2D eigenvalue weighted by Crippen LogP contribution is 2.18. The molecule has 1 heterocycles. The lowest BCUT2D eigenvalue weighted by atomic mass is 9.98. The molecule has 1 saturated heterocycles. The van der Waals surface area contributed by atoms with E-state index in [1.54, 1.807) is 4.90 Å². The topological polar surface area (TPSA) is 73.4 Å². The van der Waals surface area contributed by atoms with Crippen LogP contribution in [0.4, 0.5) is 4.79 Å². The van der Waals surface area contributed by atoms with Crippen molar-refractivity contribution < 1.29 is 14.3 Å². The molecule has 6 heteroatoms. The van der Waals surface area contributed by atoms with Gasteiger partial charge in [-0.25, -0.2) is 4.79 Å². The second-order valence-corrected chi connectivity index (χ2v) is 5.41. The summed E-state index contributed by atoms with van der Waals surface area (Å²) < 4.78 is 10.8. The summed E-state index contributed by atoms with van der Waals surface area (Å²) in [5, 5.41) is 3.00. The Labute approximate surface area is 130 Å². The quantitative estimate of drug-likeness (QED) is 0.574. The first-order valence-electron chi connectivity index (χ1n) is 7.64. The van der Waals surface area contributed by atoms with E-state index in [0.717, 1.165) is 18.4 Å². The van der Waals surface area contributed by atoms with Gasteiger partial charge in [0, 0.05) is 26.2 Å². The average molecular weight is 304 g/mol. The minimum absolute atomic E-state index is 0.248. The van der Waals surface area contributed by atoms with Gasteiger partial charge < -0.3 is 25.0 Å². The molecule has 2 rings (SSSR count). The van der Waals surface area contributed by atoms with Crippen LogP contribution < -0.4 is 0 Å². The van der Waals surface area contributed by atoms with Gasteiger partial charge in [0.25, 0.3) is 0 Å². The van der Waals surface area contributed by atoms with E-state index < -0.39 is 0 Å². The molecule has 0 aliphatic carbocycles. The first kappa shape index (κ1) is 16.4. The molecular weight excluding hydrogens is 282 g/mol. The SMILES string of the molecule is [N-]=NCCOCC1CCN(C(=O)OCc2ccccc2)CC1. The van der Waals surface area contributed by atoms with E-state index in [1.807, 2.05) is 30.3 Å². The van der Waals surface area contributed by atoms with E-state index in [1.165, 1.54) is 0 Å². The first-order valence-corrected chi connectivity index (χ1v) is 7.64. The van der Waals surface area contributed by atoms with E-state index in [9.17, 15) is 4.79 Å². The Bertz CT molecular complexity index is 459. The molecule has 6 nitrogen and oxygen atoms in total. The second-order valence-electron chi connectivity index (χ2n) is 5.41. The number of rotatable bonds is 7. The monoisotopic (exact) mass is 304 g/mol. The normalized spacial score (nSPS) is 15.5. The molecule has 1 fully saturated rings. The van der Waals surface area contributed by atoms with Crippen molar-refractivity contribution in [3.8, 4) is 0 Å². The second kappa shape index (κ2) is 9.15. The minimum atomic E-state index is -0.248. The first-order chi connectivity index (χ1) is 10.8. The summed E-state index contributed by atoms with van der Waals surface area (Å²) in [6.07, 6.45) is 1.58. The molecule has 0 spiro atoms. The van der Waals surface area contributed by atoms with Gasteiger partial charge in [-0.2, -0.15) is 0 Å². The van der Waals surface area contributed by atoms with E-state index >= 15 is 0 Å². The van der Waals surface area contributed by atoms with Gasteiger partial charge in [0.05, 0.1) is 6.61 Å². The maximum Gasteiger partial charge on any atom is 0.410 e. The van der Waals surface area contributed by atoms with Gasteiger partial charge in [-0.1, -0.05) is 30.3 Å². The van der Waals surface area contributed by atoms with Crippen LogP contribution in [-0.4, -0.2) is 43.8 Å². The number of hydrogen-bond acceptors (Lipinski definition) is 4. The number of benzene rings is 1. The molecule has 1 aromatic rings. The third kappa shape index (κ3) is 5.44. The van der Waals surface area contributed by atoms with E-state index in [2.05, 4.69) is 5.11 Å². The van der Waals surface area contributed by atoms with Crippen molar-refractivity contribution in [2.45, 2.75) is 19.4 Å². The predicted octanol–water partition coefficient (Wildman–Crippen LogP) is 3.07. The lowest BCUT2D eigenvalue weighted by Crippen LogP contribution is -2.39. The van der Waals surface area contributed by atoms with Gasteiger partial charge in [0.1, 0.15) is 6.61 Å². The smallest absolute Gasteiger partial charge is 0.410 e. The maximum absolute atomic E-state index is 12.0. The number of likely N-dealkylation sites (tertiary alicyclic amines) is 1. The molecule has 1 aliphatic rings. The number of nitrogens with zero attached hydrogens (tertiary/aromatic N) is 3. The van der Waals surface area contributed by atoms with Crippen molar-refractivity contribution in [1.82, 2.24) is 4.90 Å². The molecular formula is C16H22N3O3-. The number of carbonyl (C=O) groups is 1. The molecule has 0 unspecified atom stereocenters. The number of amides is 1. The zero-order chi connectivity index (χ0) is 15.6. The third-order valence-electron chi connectivity index (χ3n) is 3.77. The summed E-state index contributed by atoms with van der Waals surface area (Å²) in [6.45, 7) is 3.12. The fourth-order valence-electron chi connectivity index (χ4n) is 2.45. The van der Waals surface area contributed by atoms with Gasteiger partial charge in [-0.3, -0.25) is 0 Å². The van der Waals surface area contributed by atoms with E-state index in [4.69, 9.17) is 15.0 Å². The lowest BCUT2D eigenvalue weighted by Gasteiger charge is -2.31. The van der Waals surface area contributed by atoms with Crippen LogP contribution in [0.1, 0.15) is 18.4 Å². The number of piperidine rings is 1. The van der Waals surface area contributed by atoms with Crippen molar-refractivity contribution in [2.75, 3.05) is 32.8 Å². The minimum Gasteiger partial charge on any atom is -0.712 e. The average Bonchev–Trinajstić information content (AvgIpc) is 2.58. The molecule has 120 valence electrons. The molecule has 0 atom stereocenters. The maximum atomic E-state index is 12.0. The molecule has 1 aromatic carbocycles. The molecule has 22 heavy (non-hydrogen) atoms. The van der Waals surface area contributed by atoms with Crippen LogP contribution in [0.25, 0.3) is 5.53 Å². The zero-order valence-corrected chi connectivity index (χ0v) is 12.7. The highest BCUT2D eigenvalue weighted by Gasteiger charge is 2.23. The number of hydrogen-bond donors (Lipinski definition) is 0. The van der Waals surface area contributed by atoms with Crippen molar-refractivity contribution in [3.05, 3.63) is 41.4 Å². The van der Waals surface area contributed by atoms with Crippen molar-refractivity contribution >= 4 is 6.09 Å². The Morgan fingerprint density at radius 2 is 2.00 bits per heavy atom. The van der Waals surface area contributed by atoms with Crippen molar-refractivity contribution in [3.63, 3.8) is 0 Å². The largest absolute Gasteiger partial charge is 0.712 e. The molecule has 0 saturated carbocycles. The van der Waals surface area contributed by atoms with Crippen LogP contribution in [0.3, 0.4) is 0 Å². The van der Waals surface area contributed by atoms with Gasteiger partial charge in [-0.05, 0) is 24.3 Å². The fourth-order valence-corrected chi connectivity index (χ4v) is 2.45. The standard InChI is InChI=1S/C16H22N3O3/c17-18-8-11-21-12-15-6-9-19(10-7-15)16(20)22-13-14-4-2-1-3-5-14/h1-5,15H,6-13H2/q-1. The molecule has 0 bridgehead atoms. The predicted molar refractivity (Wildman–Crippen MR) is 82.4 cm³/mol. The van der Waals surface area contributed by atoms with E-state index in [-0.39, 0.29) is 6.09 Å². The van der Waals surface area contributed by atoms with Crippen molar-refractivity contribution in [1.29, 1.82) is 0 Å². The van der Waals surface area contributed by atoms with Crippen molar-refractivity contribution in [2.24, 2.45) is 11.0 Å². The van der Waals surface area contributed by atoms with Crippen LogP contribution in [0.15, 0.2) is 35.4 Å². The molecule has 0 aromatic heterocycles. The zero-order valence-electron chi connectivity index (χ0n) is 12.7. The molecule has 1 aliphatic heterocycles. The summed E-state index contributed by atoms with van der Waals surface area (Å²) in [5.74, 6) is 0.455. The van der Waals surface area contributed by atoms with Gasteiger partial charge >= 0.3 is 6.09 Å². The Kier molecular flexibility index (Phi) is 6.83. The van der Waals surface area contributed by atoms with Crippen LogP contribution >= 0.6 is 0 Å². The third-order valence-corrected chi connectivity index (χ3v) is 3.77. The Hall–Kier alpha value is -1.95. The van der Waals surface area contributed by atoms with Crippen LogP contribution in [0.5, 0.6) is 0 Å². The lowest BCUT2D eigenvalue weighted by molar-refractivity contribution is 0.0551. The summed E-state index contributed by atoms with van der Waals surface area (Å²) in [4.78, 5) is 13.8. The molecule has 1 amide bonds. The Morgan fingerprint density at radius 3 is 2.68 bits per heavy atom. The summed E-state index contributed by atoms with van der Waals surface area (Å²) in [7, 11) is 0. The van der Waals surface area contributed by atoms with Crippen LogP contribution in [0, 0.1) is 5.92 Å². The summed E-state index contributed by atoms with van der Waals surface area (Å²) in [6, 6.07) is 9.68. The van der Waals surface area contributed by atoms with Gasteiger partial charge in [0.2, 0.25) is 0 Å². The summed E-state index contributed by atoms with van der Waals surface area (Å²) in [5.41, 5.74) is 9.31. The Morgan fingerprint density at radius 1 is 1.27 bits per heavy atom. The number of carbonyl (C=O) groups excluding carboxylic acids is 1. The molecule has 0 N–H and O–H groups in total. The highest BCUT2D eigenvalue weighted by molar-refractivity contribution is 5.67. The number of ether oxygens (including phenoxy) is 2. The fraction of sp³-hybridized carbons (Fsp3) is 0.562. The molecule has 0 radical (unpaired) electrons. The Balaban J connectivity index is 1.63.